The summed E-state index contributed by atoms with van der Waals surface area (Å²) in [4.78, 5) is 0. The van der Waals surface area contributed by atoms with Gasteiger partial charge in [0.1, 0.15) is 0 Å². The molecule has 0 saturated heterocycles. The Morgan fingerprint density at radius 2 is 1.43 bits per heavy atom. The van der Waals surface area contributed by atoms with Crippen LogP contribution in [0.25, 0.3) is 0 Å². The Balaban J connectivity index is 0.000000360. The van der Waals surface area contributed by atoms with Gasteiger partial charge in [0, 0.05) is 9.12 Å². The molecule has 30 valence electrons. The van der Waals surface area contributed by atoms with E-state index in [1.54, 1.807) is 0 Å². The largest absolute Gasteiger partial charge is 2.00 e. The molecule has 0 saturated carbocycles. The van der Waals surface area contributed by atoms with Crippen molar-refractivity contribution in [2.75, 3.05) is 0 Å². The zero-order chi connectivity index (χ0) is 4.24. The molecule has 0 aliphatic rings. The third-order valence-electron chi connectivity index (χ3n) is 0.667. The molecule has 1 heterocycles. The van der Waals surface area contributed by atoms with E-state index in [-0.39, 0.29) is 37.7 Å². The molecule has 0 amide bonds. The first kappa shape index (κ1) is 7.83. The molecule has 0 atom stereocenters. The summed E-state index contributed by atoms with van der Waals surface area (Å²) in [5.74, 6) is 0. The van der Waals surface area contributed by atoms with Crippen LogP contribution in [0.3, 0.4) is 0 Å². The van der Waals surface area contributed by atoms with E-state index in [0.717, 1.165) is 0 Å². The van der Waals surface area contributed by atoms with Gasteiger partial charge in [0.15, 0.2) is 0 Å². The fourth-order valence-corrected chi connectivity index (χ4v) is 1.03. The van der Waals surface area contributed by atoms with Crippen LogP contribution in [0.2, 0.25) is 0 Å². The van der Waals surface area contributed by atoms with E-state index >= 15 is 0 Å². The molecule has 7 heavy (non-hydrogen) atoms. The summed E-state index contributed by atoms with van der Waals surface area (Å²) in [5, 5.41) is 0. The van der Waals surface area contributed by atoms with Gasteiger partial charge in [0.25, 0.3) is 0 Å². The molecule has 0 aromatic carbocycles. The first-order valence-corrected chi connectivity index (χ1v) is 3.33. The Bertz CT molecular complexity index is 80.0. The Kier molecular flexibility index (Phi) is 5.56. The fraction of sp³-hybridized carbons (Fsp3) is 0. The minimum absolute atomic E-state index is 0. The summed E-state index contributed by atoms with van der Waals surface area (Å²) in [7, 11) is 0.513. The Morgan fingerprint density at radius 3 is 1.57 bits per heavy atom. The van der Waals surface area contributed by atoms with E-state index in [0.29, 0.717) is 9.12 Å². The van der Waals surface area contributed by atoms with Crippen LogP contribution in [0.5, 0.6) is 0 Å². The maximum Gasteiger partial charge on any atom is 2.00 e. The average Bonchev–Trinajstić information content (AvgIpc) is 1.72. The first-order valence-electron chi connectivity index (χ1n) is 2.00. The van der Waals surface area contributed by atoms with E-state index < -0.39 is 0 Å². The van der Waals surface area contributed by atoms with Crippen LogP contribution in [0, 0.1) is 0 Å². The Morgan fingerprint density at radius 1 is 0.857 bits per heavy atom. The maximum atomic E-state index is 2.21. The summed E-state index contributed by atoms with van der Waals surface area (Å²) in [5.41, 5.74) is 4.42. The van der Waals surface area contributed by atoms with E-state index in [4.69, 9.17) is 0 Å². The third-order valence-corrected chi connectivity index (χ3v) is 1.56. The smallest absolute Gasteiger partial charge is 0.0805 e. The summed E-state index contributed by atoms with van der Waals surface area (Å²) >= 11 is 0. The quantitative estimate of drug-likeness (QED) is 0.450. The molecule has 0 N–H and O–H groups in total. The summed E-state index contributed by atoms with van der Waals surface area (Å²) in [6.07, 6.45) is 0. The second-order valence-electron chi connectivity index (χ2n) is 1.15. The molecule has 0 unspecified atom stereocenters. The predicted molar refractivity (Wildman–Crippen MR) is 34.9 cm³/mol. The number of hydrogen-bond donors (Lipinski definition) is 0. The molecule has 0 radical (unpaired) electrons. The van der Waals surface area contributed by atoms with Gasteiger partial charge in [-0.15, -0.1) is 0 Å². The standard InChI is InChI=1S/C5H6Si.Ca/c1-2-4-6-5-3-1;/h1-6H;/q;+2. The zero-order valence-corrected chi connectivity index (χ0v) is 7.53. The Hall–Kier alpha value is 0.827. The van der Waals surface area contributed by atoms with Gasteiger partial charge in [0.2, 0.25) is 0 Å². The van der Waals surface area contributed by atoms with Crippen molar-refractivity contribution in [3.05, 3.63) is 29.6 Å². The van der Waals surface area contributed by atoms with Crippen molar-refractivity contribution in [1.82, 2.24) is 0 Å². The number of hydrogen-bond acceptors (Lipinski definition) is 0. The van der Waals surface area contributed by atoms with Gasteiger partial charge in [-0.25, -0.2) is 0 Å². The van der Waals surface area contributed by atoms with Gasteiger partial charge in [0.05, 0.1) is 0 Å². The third kappa shape index (κ3) is 3.41. The molecule has 0 nitrogen and oxygen atoms in total. The molecule has 0 aliphatic heterocycles. The van der Waals surface area contributed by atoms with Crippen molar-refractivity contribution in [2.45, 2.75) is 0 Å². The van der Waals surface area contributed by atoms with E-state index in [1.165, 1.54) is 0 Å². The van der Waals surface area contributed by atoms with Crippen molar-refractivity contribution in [3.63, 3.8) is 0 Å². The van der Waals surface area contributed by atoms with E-state index in [1.807, 2.05) is 0 Å². The molecule has 1 aromatic heterocycles. The summed E-state index contributed by atoms with van der Waals surface area (Å²) < 4.78 is 0. The van der Waals surface area contributed by atoms with Crippen LogP contribution >= 0.6 is 0 Å². The summed E-state index contributed by atoms with van der Waals surface area (Å²) in [6, 6.07) is 6.24. The Labute approximate surface area is 75.7 Å². The molecule has 1 rings (SSSR count). The number of rotatable bonds is 0. The molecule has 1 aromatic rings. The van der Waals surface area contributed by atoms with Crippen molar-refractivity contribution in [2.24, 2.45) is 0 Å². The topological polar surface area (TPSA) is 0 Å². The van der Waals surface area contributed by atoms with Gasteiger partial charge in [-0.05, 0) is 0 Å². The van der Waals surface area contributed by atoms with Crippen LogP contribution in [0.15, 0.2) is 29.6 Å². The minimum Gasteiger partial charge on any atom is -0.0805 e. The molecule has 0 fully saturated rings. The van der Waals surface area contributed by atoms with E-state index in [2.05, 4.69) is 29.6 Å². The maximum absolute atomic E-state index is 2.21. The SMILES string of the molecule is [Ca+2].c1cc[siH]cc1. The van der Waals surface area contributed by atoms with Crippen LogP contribution in [-0.2, 0) is 0 Å². The van der Waals surface area contributed by atoms with Gasteiger partial charge in [-0.3, -0.25) is 0 Å². The molecular formula is C5H6CaSi+2. The van der Waals surface area contributed by atoms with Crippen molar-refractivity contribution in [3.8, 4) is 0 Å². The second kappa shape index (κ2) is 4.97. The van der Waals surface area contributed by atoms with E-state index in [9.17, 15) is 0 Å². The van der Waals surface area contributed by atoms with Crippen molar-refractivity contribution < 1.29 is 0 Å². The van der Waals surface area contributed by atoms with Crippen LogP contribution in [0.4, 0.5) is 0 Å². The van der Waals surface area contributed by atoms with Gasteiger partial charge < -0.3 is 0 Å². The van der Waals surface area contributed by atoms with Crippen LogP contribution in [-0.4, -0.2) is 46.9 Å². The molecule has 2 heteroatoms. The predicted octanol–water partition coefficient (Wildman–Crippen LogP) is 0.376. The van der Waals surface area contributed by atoms with Crippen LogP contribution < -0.4 is 0 Å². The van der Waals surface area contributed by atoms with Crippen molar-refractivity contribution >= 4 is 46.9 Å². The fourth-order valence-electron chi connectivity index (χ4n) is 0.385. The van der Waals surface area contributed by atoms with Gasteiger partial charge in [-0.2, -0.15) is 0 Å². The normalized spacial score (nSPS) is 6.86. The first-order chi connectivity index (χ1) is 3.00. The molecule has 0 bridgehead atoms. The van der Waals surface area contributed by atoms with Crippen molar-refractivity contribution in [1.29, 1.82) is 0 Å². The monoisotopic (exact) mass is 134 g/mol. The van der Waals surface area contributed by atoms with Gasteiger partial charge in [-0.1, -0.05) is 29.6 Å². The second-order valence-corrected chi connectivity index (χ2v) is 2.31. The minimum atomic E-state index is 0. The summed E-state index contributed by atoms with van der Waals surface area (Å²) in [6.45, 7) is 0. The van der Waals surface area contributed by atoms with Crippen LogP contribution in [0.1, 0.15) is 0 Å². The van der Waals surface area contributed by atoms with Gasteiger partial charge >= 0.3 is 37.7 Å². The molecular weight excluding hydrogens is 128 g/mol. The molecule has 0 aliphatic carbocycles. The molecule has 0 spiro atoms. The average molecular weight is 134 g/mol. The zero-order valence-electron chi connectivity index (χ0n) is 4.17.